The third kappa shape index (κ3) is 3.29. The molecule has 0 bridgehead atoms. The van der Waals surface area contributed by atoms with E-state index in [9.17, 15) is 4.79 Å². The van der Waals surface area contributed by atoms with Crippen molar-refractivity contribution in [3.63, 3.8) is 0 Å². The van der Waals surface area contributed by atoms with Crippen molar-refractivity contribution >= 4 is 35.0 Å². The summed E-state index contributed by atoms with van der Waals surface area (Å²) in [7, 11) is 0. The van der Waals surface area contributed by atoms with Crippen LogP contribution in [0.25, 0.3) is 0 Å². The largest absolute Gasteiger partial charge is 0.320 e. The zero-order valence-electron chi connectivity index (χ0n) is 11.4. The molecule has 0 radical (unpaired) electrons. The smallest absolute Gasteiger partial charge is 0.275 e. The number of halogens is 1. The Morgan fingerprint density at radius 2 is 2.10 bits per heavy atom. The molecule has 2 aromatic rings. The second-order valence-corrected chi connectivity index (χ2v) is 5.51. The number of nitrogens with zero attached hydrogens (tertiary/aromatic N) is 2. The molecule has 1 aromatic heterocycles. The molecule has 0 atom stereocenters. The van der Waals surface area contributed by atoms with Gasteiger partial charge < -0.3 is 5.32 Å². The van der Waals surface area contributed by atoms with E-state index in [4.69, 9.17) is 11.6 Å². The molecule has 4 nitrogen and oxygen atoms in total. The first-order valence-electron chi connectivity index (χ1n) is 5.96. The fraction of sp³-hybridized carbons (Fsp3) is 0.214. The molecule has 0 fully saturated rings. The van der Waals surface area contributed by atoms with Gasteiger partial charge in [0.15, 0.2) is 10.9 Å². The number of hydrogen-bond acceptors (Lipinski definition) is 4. The Hall–Kier alpha value is -1.59. The van der Waals surface area contributed by atoms with Crippen molar-refractivity contribution in [2.24, 2.45) is 0 Å². The van der Waals surface area contributed by atoms with Gasteiger partial charge in [-0.2, -0.15) is 0 Å². The summed E-state index contributed by atoms with van der Waals surface area (Å²) in [6.07, 6.45) is 3.28. The second-order valence-electron chi connectivity index (χ2n) is 4.33. The summed E-state index contributed by atoms with van der Waals surface area (Å²) >= 11 is 7.34. The molecule has 1 amide bonds. The Bertz CT molecular complexity index is 661. The molecule has 0 unspecified atom stereocenters. The third-order valence-corrected chi connectivity index (χ3v) is 3.59. The van der Waals surface area contributed by atoms with Crippen LogP contribution >= 0.6 is 23.4 Å². The molecule has 0 spiro atoms. The maximum Gasteiger partial charge on any atom is 0.275 e. The predicted octanol–water partition coefficient (Wildman–Crippen LogP) is 3.72. The molecule has 20 heavy (non-hydrogen) atoms. The van der Waals surface area contributed by atoms with E-state index in [1.54, 1.807) is 0 Å². The first-order valence-corrected chi connectivity index (χ1v) is 7.56. The maximum atomic E-state index is 12.2. The Balaban J connectivity index is 2.28. The minimum atomic E-state index is -0.334. The van der Waals surface area contributed by atoms with Crippen LogP contribution in [0.15, 0.2) is 29.6 Å². The predicted molar refractivity (Wildman–Crippen MR) is 82.7 cm³/mol. The minimum absolute atomic E-state index is 0.186. The van der Waals surface area contributed by atoms with Crippen LogP contribution in [0, 0.1) is 13.8 Å². The molecule has 2 rings (SSSR count). The van der Waals surface area contributed by atoms with Gasteiger partial charge in [0.25, 0.3) is 5.91 Å². The molecule has 104 valence electrons. The van der Waals surface area contributed by atoms with Gasteiger partial charge in [-0.25, -0.2) is 9.97 Å². The van der Waals surface area contributed by atoms with Crippen molar-refractivity contribution in [1.29, 1.82) is 0 Å². The van der Waals surface area contributed by atoms with Gasteiger partial charge in [-0.3, -0.25) is 4.79 Å². The molecule has 0 aliphatic carbocycles. The average molecular weight is 308 g/mol. The quantitative estimate of drug-likeness (QED) is 0.693. The molecule has 0 saturated heterocycles. The number of amides is 1. The van der Waals surface area contributed by atoms with Crippen molar-refractivity contribution in [2.45, 2.75) is 19.0 Å². The van der Waals surface area contributed by atoms with Gasteiger partial charge in [-0.05, 0) is 31.7 Å². The molecule has 0 saturated carbocycles. The fourth-order valence-electron chi connectivity index (χ4n) is 1.74. The number of benzene rings is 1. The minimum Gasteiger partial charge on any atom is -0.320 e. The normalized spacial score (nSPS) is 10.4. The number of aryl methyl sites for hydroxylation is 2. The van der Waals surface area contributed by atoms with Crippen LogP contribution in [-0.4, -0.2) is 22.1 Å². The van der Waals surface area contributed by atoms with E-state index in [1.165, 1.54) is 18.0 Å². The molecular formula is C14H14ClN3OS. The maximum absolute atomic E-state index is 12.2. The van der Waals surface area contributed by atoms with Crippen LogP contribution in [0.4, 0.5) is 5.69 Å². The van der Waals surface area contributed by atoms with E-state index >= 15 is 0 Å². The Morgan fingerprint density at radius 1 is 1.35 bits per heavy atom. The van der Waals surface area contributed by atoms with E-state index in [0.717, 1.165) is 16.8 Å². The summed E-state index contributed by atoms with van der Waals surface area (Å²) in [5.74, 6) is -0.334. The van der Waals surface area contributed by atoms with Gasteiger partial charge in [-0.1, -0.05) is 41.1 Å². The molecule has 0 aliphatic heterocycles. The summed E-state index contributed by atoms with van der Waals surface area (Å²) in [5.41, 5.74) is 3.07. The molecule has 0 aliphatic rings. The average Bonchev–Trinajstić information content (AvgIpc) is 2.42. The van der Waals surface area contributed by atoms with Crippen molar-refractivity contribution in [1.82, 2.24) is 9.97 Å². The summed E-state index contributed by atoms with van der Waals surface area (Å²) in [4.78, 5) is 20.4. The molecule has 1 heterocycles. The standard InChI is InChI=1S/C14H14ClN3OS/c1-8-4-5-11(9(2)6-8)17-13(19)12-10(15)7-16-14(18-12)20-3/h4-7H,1-3H3,(H,17,19). The number of nitrogens with one attached hydrogen (secondary N) is 1. The van der Waals surface area contributed by atoms with Crippen molar-refractivity contribution in [3.05, 3.63) is 46.2 Å². The fourth-order valence-corrected chi connectivity index (χ4v) is 2.26. The number of carbonyl (C=O) groups is 1. The molecular weight excluding hydrogens is 294 g/mol. The topological polar surface area (TPSA) is 54.9 Å². The number of rotatable bonds is 3. The number of aromatic nitrogens is 2. The number of anilines is 1. The lowest BCUT2D eigenvalue weighted by molar-refractivity contribution is 0.102. The zero-order valence-corrected chi connectivity index (χ0v) is 13.0. The van der Waals surface area contributed by atoms with Gasteiger partial charge >= 0.3 is 0 Å². The van der Waals surface area contributed by atoms with Crippen LogP contribution in [0.5, 0.6) is 0 Å². The lowest BCUT2D eigenvalue weighted by Crippen LogP contribution is -2.15. The van der Waals surface area contributed by atoms with Gasteiger partial charge in [0.2, 0.25) is 0 Å². The van der Waals surface area contributed by atoms with Crippen LogP contribution in [0.3, 0.4) is 0 Å². The van der Waals surface area contributed by atoms with E-state index in [-0.39, 0.29) is 16.6 Å². The molecule has 1 N–H and O–H groups in total. The van der Waals surface area contributed by atoms with E-state index in [0.29, 0.717) is 5.16 Å². The third-order valence-electron chi connectivity index (χ3n) is 2.75. The highest BCUT2D eigenvalue weighted by molar-refractivity contribution is 7.98. The van der Waals surface area contributed by atoms with Crippen LogP contribution < -0.4 is 5.32 Å². The highest BCUT2D eigenvalue weighted by Crippen LogP contribution is 2.20. The summed E-state index contributed by atoms with van der Waals surface area (Å²) in [5, 5.41) is 3.58. The molecule has 1 aromatic carbocycles. The monoisotopic (exact) mass is 307 g/mol. The lowest BCUT2D eigenvalue weighted by Gasteiger charge is -2.09. The van der Waals surface area contributed by atoms with Gasteiger partial charge in [-0.15, -0.1) is 0 Å². The van der Waals surface area contributed by atoms with Crippen LogP contribution in [0.1, 0.15) is 21.6 Å². The Morgan fingerprint density at radius 3 is 2.75 bits per heavy atom. The summed E-state index contributed by atoms with van der Waals surface area (Å²) in [6.45, 7) is 3.95. The highest BCUT2D eigenvalue weighted by atomic mass is 35.5. The van der Waals surface area contributed by atoms with Gasteiger partial charge in [0.05, 0.1) is 11.2 Å². The highest BCUT2D eigenvalue weighted by Gasteiger charge is 2.15. The number of hydrogen-bond donors (Lipinski definition) is 1. The van der Waals surface area contributed by atoms with Crippen LogP contribution in [0.2, 0.25) is 5.02 Å². The van der Waals surface area contributed by atoms with Crippen LogP contribution in [-0.2, 0) is 0 Å². The SMILES string of the molecule is CSc1ncc(Cl)c(C(=O)Nc2ccc(C)cc2C)n1. The zero-order chi connectivity index (χ0) is 14.7. The van der Waals surface area contributed by atoms with Crippen molar-refractivity contribution in [3.8, 4) is 0 Å². The summed E-state index contributed by atoms with van der Waals surface area (Å²) < 4.78 is 0. The van der Waals surface area contributed by atoms with E-state index in [2.05, 4.69) is 15.3 Å². The van der Waals surface area contributed by atoms with E-state index < -0.39 is 0 Å². The Labute approximate surface area is 127 Å². The molecule has 6 heteroatoms. The Kier molecular flexibility index (Phi) is 4.62. The summed E-state index contributed by atoms with van der Waals surface area (Å²) in [6, 6.07) is 5.81. The van der Waals surface area contributed by atoms with Crippen molar-refractivity contribution in [2.75, 3.05) is 11.6 Å². The van der Waals surface area contributed by atoms with E-state index in [1.807, 2.05) is 38.3 Å². The first-order chi connectivity index (χ1) is 9.51. The first kappa shape index (κ1) is 14.8. The lowest BCUT2D eigenvalue weighted by atomic mass is 10.1. The second kappa shape index (κ2) is 6.24. The number of thioether (sulfide) groups is 1. The van der Waals surface area contributed by atoms with Crippen molar-refractivity contribution < 1.29 is 4.79 Å². The van der Waals surface area contributed by atoms with Gasteiger partial charge in [0.1, 0.15) is 0 Å². The number of carbonyl (C=O) groups excluding carboxylic acids is 1. The van der Waals surface area contributed by atoms with Gasteiger partial charge in [0, 0.05) is 5.69 Å².